The van der Waals surface area contributed by atoms with Crippen LogP contribution in [0, 0.1) is 0 Å². The molecular weight excluding hydrogens is 675 g/mol. The van der Waals surface area contributed by atoms with Gasteiger partial charge in [0, 0.05) is 17.1 Å². The van der Waals surface area contributed by atoms with Crippen LogP contribution < -0.4 is 4.90 Å². The minimum atomic E-state index is -0.464. The lowest BCUT2D eigenvalue weighted by Crippen LogP contribution is -2.26. The predicted octanol–water partition coefficient (Wildman–Crippen LogP) is 14.5. The maximum absolute atomic E-state index is 2.38. The minimum absolute atomic E-state index is 0.464. The summed E-state index contributed by atoms with van der Waals surface area (Å²) in [5.41, 5.74) is 21.0. The van der Waals surface area contributed by atoms with Crippen molar-refractivity contribution < 1.29 is 0 Å². The molecule has 0 fully saturated rings. The average molecular weight is 712 g/mol. The van der Waals surface area contributed by atoms with Gasteiger partial charge in [0.2, 0.25) is 0 Å². The molecule has 0 saturated heterocycles. The number of hydrogen-bond donors (Lipinski definition) is 0. The number of anilines is 3. The van der Waals surface area contributed by atoms with Crippen molar-refractivity contribution >= 4 is 17.1 Å². The molecule has 0 saturated carbocycles. The second-order valence-electron chi connectivity index (χ2n) is 14.8. The molecule has 9 aromatic carbocycles. The lowest BCUT2D eigenvalue weighted by Gasteiger charge is -2.32. The van der Waals surface area contributed by atoms with E-state index in [1.54, 1.807) is 0 Å². The van der Waals surface area contributed by atoms with E-state index >= 15 is 0 Å². The Bertz CT molecular complexity index is 2880. The van der Waals surface area contributed by atoms with E-state index in [0.717, 1.165) is 17.1 Å². The lowest BCUT2D eigenvalue weighted by atomic mass is 9.68. The van der Waals surface area contributed by atoms with Gasteiger partial charge in [-0.05, 0) is 114 Å². The van der Waals surface area contributed by atoms with Crippen molar-refractivity contribution in [1.82, 2.24) is 0 Å². The van der Waals surface area contributed by atoms with Crippen LogP contribution in [0.4, 0.5) is 17.1 Å². The molecule has 0 amide bonds. The Morgan fingerprint density at radius 3 is 1.34 bits per heavy atom. The number of fused-ring (bicyclic) bond motifs is 10. The first-order chi connectivity index (χ1) is 27.8. The van der Waals surface area contributed by atoms with Crippen LogP contribution in [0.15, 0.2) is 224 Å². The molecule has 0 bridgehead atoms. The quantitative estimate of drug-likeness (QED) is 0.166. The van der Waals surface area contributed by atoms with Crippen molar-refractivity contribution in [2.24, 2.45) is 0 Å². The fourth-order valence-corrected chi connectivity index (χ4v) is 9.59. The van der Waals surface area contributed by atoms with Crippen molar-refractivity contribution in [2.75, 3.05) is 4.90 Å². The largest absolute Gasteiger partial charge is 0.311 e. The smallest absolute Gasteiger partial charge is 0.0731 e. The van der Waals surface area contributed by atoms with Gasteiger partial charge in [0.25, 0.3) is 0 Å². The van der Waals surface area contributed by atoms with Crippen molar-refractivity contribution in [3.63, 3.8) is 0 Å². The predicted molar refractivity (Wildman–Crippen MR) is 234 cm³/mol. The highest BCUT2D eigenvalue weighted by Crippen LogP contribution is 2.65. The van der Waals surface area contributed by atoms with Crippen LogP contribution in [0.3, 0.4) is 0 Å². The van der Waals surface area contributed by atoms with E-state index in [1.165, 1.54) is 77.9 Å². The summed E-state index contributed by atoms with van der Waals surface area (Å²) in [5, 5.41) is 0. The first kappa shape index (κ1) is 32.2. The van der Waals surface area contributed by atoms with Crippen molar-refractivity contribution in [2.45, 2.75) is 5.41 Å². The number of hydrogen-bond acceptors (Lipinski definition) is 1. The summed E-state index contributed by atoms with van der Waals surface area (Å²) in [6, 6.07) is 82.3. The standard InChI is InChI=1S/C55H37N/c1-4-16-38(17-5-1)39-30-34-43(35-31-39)56(42-20-8-3-9-21-42)44-36-32-41(33-37-44)46-25-14-26-48-47-22-10-12-27-50(47)55(54(46)48)51-28-13-11-23-49(51)53-45(24-15-29-52(53)55)40-18-6-2-7-19-40/h1-37H. The first-order valence-electron chi connectivity index (χ1n) is 19.4. The van der Waals surface area contributed by atoms with Crippen LogP contribution in [-0.2, 0) is 5.41 Å². The lowest BCUT2D eigenvalue weighted by molar-refractivity contribution is 0.796. The molecule has 0 heterocycles. The highest BCUT2D eigenvalue weighted by atomic mass is 15.1. The van der Waals surface area contributed by atoms with Gasteiger partial charge < -0.3 is 4.90 Å². The zero-order valence-electron chi connectivity index (χ0n) is 30.8. The Balaban J connectivity index is 1.09. The number of para-hydroxylation sites is 1. The van der Waals surface area contributed by atoms with Gasteiger partial charge in [-0.15, -0.1) is 0 Å². The number of nitrogens with zero attached hydrogens (tertiary/aromatic N) is 1. The van der Waals surface area contributed by atoms with E-state index in [0.29, 0.717) is 0 Å². The Hall–Kier alpha value is -7.22. The average Bonchev–Trinajstić information content (AvgIpc) is 3.76. The fraction of sp³-hybridized carbons (Fsp3) is 0.0182. The van der Waals surface area contributed by atoms with Crippen LogP contribution in [0.5, 0.6) is 0 Å². The van der Waals surface area contributed by atoms with Crippen molar-refractivity contribution in [1.29, 1.82) is 0 Å². The van der Waals surface area contributed by atoms with Crippen LogP contribution in [0.25, 0.3) is 55.6 Å². The first-order valence-corrected chi connectivity index (χ1v) is 19.4. The van der Waals surface area contributed by atoms with Gasteiger partial charge in [-0.1, -0.05) is 188 Å². The monoisotopic (exact) mass is 711 g/mol. The van der Waals surface area contributed by atoms with E-state index in [4.69, 9.17) is 0 Å². The van der Waals surface area contributed by atoms with Gasteiger partial charge in [0.1, 0.15) is 0 Å². The zero-order valence-corrected chi connectivity index (χ0v) is 30.8. The Morgan fingerprint density at radius 2 is 0.661 bits per heavy atom. The van der Waals surface area contributed by atoms with E-state index < -0.39 is 5.41 Å². The molecule has 0 aromatic heterocycles. The summed E-state index contributed by atoms with van der Waals surface area (Å²) < 4.78 is 0. The van der Waals surface area contributed by atoms with E-state index in [-0.39, 0.29) is 0 Å². The molecule has 56 heavy (non-hydrogen) atoms. The molecule has 11 rings (SSSR count). The van der Waals surface area contributed by atoms with Crippen LogP contribution in [-0.4, -0.2) is 0 Å². The summed E-state index contributed by atoms with van der Waals surface area (Å²) in [6.07, 6.45) is 0. The van der Waals surface area contributed by atoms with Gasteiger partial charge >= 0.3 is 0 Å². The summed E-state index contributed by atoms with van der Waals surface area (Å²) in [6.45, 7) is 0. The Labute approximate surface area is 328 Å². The van der Waals surface area contributed by atoms with Gasteiger partial charge in [-0.2, -0.15) is 0 Å². The van der Waals surface area contributed by atoms with Crippen LogP contribution in [0.2, 0.25) is 0 Å². The Morgan fingerprint density at radius 1 is 0.250 bits per heavy atom. The molecule has 1 nitrogen and oxygen atoms in total. The van der Waals surface area contributed by atoms with Crippen LogP contribution >= 0.6 is 0 Å². The third kappa shape index (κ3) is 4.81. The van der Waals surface area contributed by atoms with E-state index in [1.807, 2.05) is 0 Å². The molecule has 1 unspecified atom stereocenters. The van der Waals surface area contributed by atoms with Gasteiger partial charge in [-0.3, -0.25) is 0 Å². The topological polar surface area (TPSA) is 3.24 Å². The van der Waals surface area contributed by atoms with E-state index in [9.17, 15) is 0 Å². The van der Waals surface area contributed by atoms with Gasteiger partial charge in [-0.25, -0.2) is 0 Å². The molecule has 2 aliphatic carbocycles. The summed E-state index contributed by atoms with van der Waals surface area (Å²) in [7, 11) is 0. The SMILES string of the molecule is c1ccc(-c2ccc(N(c3ccccc3)c3ccc(-c4cccc5c4C4(c6ccccc6-5)c5ccccc5-c5c(-c6ccccc6)cccc54)cc3)cc2)cc1. The highest BCUT2D eigenvalue weighted by Gasteiger charge is 2.53. The molecule has 262 valence electrons. The van der Waals surface area contributed by atoms with Gasteiger partial charge in [0.05, 0.1) is 5.41 Å². The maximum atomic E-state index is 2.38. The molecule has 1 spiro atoms. The molecule has 2 aliphatic rings. The Kier molecular flexibility index (Phi) is 7.47. The maximum Gasteiger partial charge on any atom is 0.0731 e. The second-order valence-corrected chi connectivity index (χ2v) is 14.8. The fourth-order valence-electron chi connectivity index (χ4n) is 9.59. The second kappa shape index (κ2) is 13.0. The highest BCUT2D eigenvalue weighted by molar-refractivity contribution is 6.02. The third-order valence-electron chi connectivity index (χ3n) is 11.9. The van der Waals surface area contributed by atoms with Gasteiger partial charge in [0.15, 0.2) is 0 Å². The molecule has 0 N–H and O–H groups in total. The molecule has 1 heteroatoms. The van der Waals surface area contributed by atoms with E-state index in [2.05, 4.69) is 229 Å². The normalized spacial score (nSPS) is 14.5. The molecule has 1 atom stereocenters. The summed E-state index contributed by atoms with van der Waals surface area (Å²) in [4.78, 5) is 2.35. The number of benzene rings is 9. The zero-order chi connectivity index (χ0) is 37.1. The van der Waals surface area contributed by atoms with Crippen LogP contribution in [0.1, 0.15) is 22.3 Å². The van der Waals surface area contributed by atoms with Crippen molar-refractivity contribution in [3.8, 4) is 55.6 Å². The third-order valence-corrected chi connectivity index (χ3v) is 11.9. The minimum Gasteiger partial charge on any atom is -0.311 e. The summed E-state index contributed by atoms with van der Waals surface area (Å²) >= 11 is 0. The molecular formula is C55H37N. The molecule has 0 radical (unpaired) electrons. The van der Waals surface area contributed by atoms with Crippen molar-refractivity contribution in [3.05, 3.63) is 247 Å². The number of rotatable bonds is 6. The molecule has 9 aromatic rings. The molecule has 0 aliphatic heterocycles. The summed E-state index contributed by atoms with van der Waals surface area (Å²) in [5.74, 6) is 0.